The van der Waals surface area contributed by atoms with Crippen LogP contribution in [-0.4, -0.2) is 23.4 Å². The number of halogens is 1. The number of aromatic nitrogens is 2. The maximum atomic E-state index is 6.14. The highest BCUT2D eigenvalue weighted by molar-refractivity contribution is 6.30. The number of ether oxygens (including phenoxy) is 1. The fourth-order valence-corrected chi connectivity index (χ4v) is 2.40. The highest BCUT2D eigenvalue weighted by Gasteiger charge is 2.19. The van der Waals surface area contributed by atoms with Crippen LogP contribution in [0.5, 0.6) is 5.75 Å². The molecule has 1 N–H and O–H groups in total. The Morgan fingerprint density at radius 2 is 2.25 bits per heavy atom. The maximum Gasteiger partial charge on any atom is 0.124 e. The van der Waals surface area contributed by atoms with Crippen LogP contribution in [0.3, 0.4) is 0 Å². The lowest BCUT2D eigenvalue weighted by atomic mass is 10.0. The molecule has 1 atom stereocenters. The van der Waals surface area contributed by atoms with E-state index in [1.165, 1.54) is 0 Å². The summed E-state index contributed by atoms with van der Waals surface area (Å²) in [5, 5.41) is 8.48. The number of aryl methyl sites for hydroxylation is 1. The Morgan fingerprint density at radius 3 is 2.85 bits per heavy atom. The molecule has 20 heavy (non-hydrogen) atoms. The van der Waals surface area contributed by atoms with E-state index in [9.17, 15) is 0 Å². The Labute approximate surface area is 124 Å². The zero-order chi connectivity index (χ0) is 14.5. The molecule has 5 heteroatoms. The number of hydrogen-bond donors (Lipinski definition) is 1. The van der Waals surface area contributed by atoms with Gasteiger partial charge in [-0.15, -0.1) is 0 Å². The van der Waals surface area contributed by atoms with Crippen LogP contribution in [0.1, 0.15) is 30.5 Å². The number of hydrogen-bond acceptors (Lipinski definition) is 3. The fourth-order valence-electron chi connectivity index (χ4n) is 2.22. The molecule has 0 saturated carbocycles. The average Bonchev–Trinajstić information content (AvgIpc) is 2.86. The molecule has 1 heterocycles. The third kappa shape index (κ3) is 3.32. The molecular formula is C15H20ClN3O. The molecule has 0 saturated heterocycles. The van der Waals surface area contributed by atoms with E-state index in [0.29, 0.717) is 5.02 Å². The van der Waals surface area contributed by atoms with Gasteiger partial charge in [-0.25, -0.2) is 0 Å². The minimum absolute atomic E-state index is 0.0253. The molecule has 2 rings (SSSR count). The quantitative estimate of drug-likeness (QED) is 0.889. The molecule has 0 bridgehead atoms. The molecule has 2 aromatic rings. The lowest BCUT2D eigenvalue weighted by Gasteiger charge is -2.20. The molecule has 0 fully saturated rings. The molecule has 0 aliphatic heterocycles. The van der Waals surface area contributed by atoms with Gasteiger partial charge in [-0.1, -0.05) is 18.5 Å². The monoisotopic (exact) mass is 293 g/mol. The van der Waals surface area contributed by atoms with E-state index in [4.69, 9.17) is 16.3 Å². The standard InChI is InChI=1S/C15H20ClN3O/c1-4-7-17-15(11-9-18-19(2)10-11)13-8-12(16)5-6-14(13)20-3/h5-6,8-10,15,17H,4,7H2,1-3H3. The molecule has 0 aliphatic rings. The van der Waals surface area contributed by atoms with Crippen LogP contribution in [0.2, 0.25) is 5.02 Å². The zero-order valence-corrected chi connectivity index (χ0v) is 12.8. The van der Waals surface area contributed by atoms with Crippen molar-refractivity contribution in [2.45, 2.75) is 19.4 Å². The summed E-state index contributed by atoms with van der Waals surface area (Å²) in [5.74, 6) is 0.826. The summed E-state index contributed by atoms with van der Waals surface area (Å²) in [7, 11) is 3.59. The first kappa shape index (κ1) is 14.9. The van der Waals surface area contributed by atoms with Gasteiger partial charge in [-0.3, -0.25) is 4.68 Å². The van der Waals surface area contributed by atoms with Crippen molar-refractivity contribution in [1.29, 1.82) is 0 Å². The van der Waals surface area contributed by atoms with Crippen LogP contribution in [0.25, 0.3) is 0 Å². The lowest BCUT2D eigenvalue weighted by Crippen LogP contribution is -2.23. The second-order valence-corrected chi connectivity index (χ2v) is 5.16. The number of benzene rings is 1. The first-order valence-electron chi connectivity index (χ1n) is 6.71. The van der Waals surface area contributed by atoms with Crippen molar-refractivity contribution < 1.29 is 4.74 Å². The Kier molecular flexibility index (Phi) is 5.04. The smallest absolute Gasteiger partial charge is 0.124 e. The molecule has 1 aromatic carbocycles. The van der Waals surface area contributed by atoms with Crippen molar-refractivity contribution in [3.63, 3.8) is 0 Å². The fraction of sp³-hybridized carbons (Fsp3) is 0.400. The van der Waals surface area contributed by atoms with Crippen molar-refractivity contribution >= 4 is 11.6 Å². The molecule has 0 amide bonds. The van der Waals surface area contributed by atoms with Crippen LogP contribution in [0, 0.1) is 0 Å². The number of nitrogens with zero attached hydrogens (tertiary/aromatic N) is 2. The average molecular weight is 294 g/mol. The molecule has 0 radical (unpaired) electrons. The maximum absolute atomic E-state index is 6.14. The first-order chi connectivity index (χ1) is 9.65. The topological polar surface area (TPSA) is 39.1 Å². The van der Waals surface area contributed by atoms with Crippen LogP contribution in [0.4, 0.5) is 0 Å². The van der Waals surface area contributed by atoms with Gasteiger partial charge in [0.1, 0.15) is 5.75 Å². The molecule has 108 valence electrons. The van der Waals surface area contributed by atoms with Crippen molar-refractivity contribution in [1.82, 2.24) is 15.1 Å². The van der Waals surface area contributed by atoms with Crippen LogP contribution in [0.15, 0.2) is 30.6 Å². The number of rotatable bonds is 6. The minimum atomic E-state index is 0.0253. The van der Waals surface area contributed by atoms with Crippen molar-refractivity contribution in [3.8, 4) is 5.75 Å². The van der Waals surface area contributed by atoms with Gasteiger partial charge >= 0.3 is 0 Å². The molecule has 0 aliphatic carbocycles. The Morgan fingerprint density at radius 1 is 1.45 bits per heavy atom. The first-order valence-corrected chi connectivity index (χ1v) is 7.09. The van der Waals surface area contributed by atoms with Crippen LogP contribution < -0.4 is 10.1 Å². The molecule has 4 nitrogen and oxygen atoms in total. The number of methoxy groups -OCH3 is 1. The second kappa shape index (κ2) is 6.77. The summed E-state index contributed by atoms with van der Waals surface area (Å²) < 4.78 is 7.26. The van der Waals surface area contributed by atoms with E-state index < -0.39 is 0 Å². The summed E-state index contributed by atoms with van der Waals surface area (Å²) in [4.78, 5) is 0. The molecule has 0 spiro atoms. The minimum Gasteiger partial charge on any atom is -0.496 e. The normalized spacial score (nSPS) is 12.4. The molecule has 1 unspecified atom stereocenters. The SMILES string of the molecule is CCCNC(c1cnn(C)c1)c1cc(Cl)ccc1OC. The van der Waals surface area contributed by atoms with E-state index in [1.54, 1.807) is 11.8 Å². The van der Waals surface area contributed by atoms with Gasteiger partial charge in [-0.05, 0) is 31.2 Å². The summed E-state index contributed by atoms with van der Waals surface area (Å²) in [6.45, 7) is 3.05. The largest absolute Gasteiger partial charge is 0.496 e. The van der Waals surface area contributed by atoms with E-state index in [1.807, 2.05) is 37.6 Å². The van der Waals surface area contributed by atoms with E-state index in [-0.39, 0.29) is 6.04 Å². The highest BCUT2D eigenvalue weighted by Crippen LogP contribution is 2.32. The lowest BCUT2D eigenvalue weighted by molar-refractivity contribution is 0.404. The third-order valence-electron chi connectivity index (χ3n) is 3.16. The Hall–Kier alpha value is -1.52. The Bertz CT molecular complexity index is 568. The zero-order valence-electron chi connectivity index (χ0n) is 12.1. The Balaban J connectivity index is 2.42. The van der Waals surface area contributed by atoms with Gasteiger partial charge in [0, 0.05) is 29.4 Å². The van der Waals surface area contributed by atoms with Crippen LogP contribution in [-0.2, 0) is 7.05 Å². The molecule has 1 aromatic heterocycles. The summed E-state index contributed by atoms with van der Waals surface area (Å²) in [6.07, 6.45) is 4.93. The molecular weight excluding hydrogens is 274 g/mol. The third-order valence-corrected chi connectivity index (χ3v) is 3.39. The van der Waals surface area contributed by atoms with Crippen molar-refractivity contribution in [2.24, 2.45) is 7.05 Å². The van der Waals surface area contributed by atoms with Gasteiger partial charge in [-0.2, -0.15) is 5.10 Å². The number of nitrogens with one attached hydrogen (secondary N) is 1. The summed E-state index contributed by atoms with van der Waals surface area (Å²) in [6, 6.07) is 5.71. The highest BCUT2D eigenvalue weighted by atomic mass is 35.5. The van der Waals surface area contributed by atoms with Gasteiger partial charge < -0.3 is 10.1 Å². The van der Waals surface area contributed by atoms with E-state index in [2.05, 4.69) is 17.3 Å². The van der Waals surface area contributed by atoms with Gasteiger partial charge in [0.2, 0.25) is 0 Å². The summed E-state index contributed by atoms with van der Waals surface area (Å²) >= 11 is 6.14. The van der Waals surface area contributed by atoms with E-state index >= 15 is 0 Å². The van der Waals surface area contributed by atoms with Crippen molar-refractivity contribution in [2.75, 3.05) is 13.7 Å². The summed E-state index contributed by atoms with van der Waals surface area (Å²) in [5.41, 5.74) is 2.13. The van der Waals surface area contributed by atoms with Crippen LogP contribution >= 0.6 is 11.6 Å². The predicted octanol–water partition coefficient (Wildman–Crippen LogP) is 3.17. The second-order valence-electron chi connectivity index (χ2n) is 4.72. The van der Waals surface area contributed by atoms with Crippen molar-refractivity contribution in [3.05, 3.63) is 46.7 Å². The van der Waals surface area contributed by atoms with Gasteiger partial charge in [0.15, 0.2) is 0 Å². The van der Waals surface area contributed by atoms with Gasteiger partial charge in [0.25, 0.3) is 0 Å². The van der Waals surface area contributed by atoms with E-state index in [0.717, 1.165) is 29.8 Å². The van der Waals surface area contributed by atoms with Gasteiger partial charge in [0.05, 0.1) is 19.3 Å². The predicted molar refractivity (Wildman–Crippen MR) is 81.3 cm³/mol.